The normalized spacial score (nSPS) is 11.2. The molecule has 10 rings (SSSR count). The van der Waals surface area contributed by atoms with Gasteiger partial charge in [0.25, 0.3) is 0 Å². The Morgan fingerprint density at radius 3 is 1.20 bits per heavy atom. The molecule has 0 aliphatic rings. The standard InChI is InChI=1S/C54H38N2/c1-3-14-39(15-4-1)41-26-28-42(29-27-41)44-32-36-47(37-33-44)55(46-34-30-43(31-35-46)40-16-5-2-6-17-40)52-23-10-7-20-49(52)45-18-13-19-48(38-45)56-53-24-11-8-21-50(53)51-22-9-12-25-54(51)56/h1-38H. The molecule has 0 saturated carbocycles. The molecule has 0 unspecified atom stereocenters. The monoisotopic (exact) mass is 714 g/mol. The van der Waals surface area contributed by atoms with Crippen molar-refractivity contribution in [1.29, 1.82) is 0 Å². The molecule has 0 saturated heterocycles. The van der Waals surface area contributed by atoms with Crippen LogP contribution in [0.3, 0.4) is 0 Å². The number of anilines is 3. The molecule has 2 nitrogen and oxygen atoms in total. The van der Waals surface area contributed by atoms with E-state index >= 15 is 0 Å². The van der Waals surface area contributed by atoms with Crippen molar-refractivity contribution in [3.63, 3.8) is 0 Å². The van der Waals surface area contributed by atoms with Crippen LogP contribution in [-0.4, -0.2) is 4.57 Å². The molecule has 10 aromatic rings. The van der Waals surface area contributed by atoms with Crippen molar-refractivity contribution in [1.82, 2.24) is 4.57 Å². The summed E-state index contributed by atoms with van der Waals surface area (Å²) < 4.78 is 2.39. The summed E-state index contributed by atoms with van der Waals surface area (Å²) in [4.78, 5) is 2.39. The summed E-state index contributed by atoms with van der Waals surface area (Å²) in [6.45, 7) is 0. The molecule has 0 aliphatic heterocycles. The van der Waals surface area contributed by atoms with Gasteiger partial charge in [0.1, 0.15) is 0 Å². The maximum Gasteiger partial charge on any atom is 0.0541 e. The molecular formula is C54H38N2. The minimum Gasteiger partial charge on any atom is -0.310 e. The zero-order chi connectivity index (χ0) is 37.3. The largest absolute Gasteiger partial charge is 0.310 e. The molecule has 0 spiro atoms. The van der Waals surface area contributed by atoms with Gasteiger partial charge in [0, 0.05) is 33.4 Å². The Kier molecular flexibility index (Phi) is 8.55. The van der Waals surface area contributed by atoms with E-state index in [1.54, 1.807) is 0 Å². The number of nitrogens with zero attached hydrogens (tertiary/aromatic N) is 2. The molecule has 1 aromatic heterocycles. The first kappa shape index (κ1) is 33.2. The van der Waals surface area contributed by atoms with Gasteiger partial charge >= 0.3 is 0 Å². The lowest BCUT2D eigenvalue weighted by atomic mass is 9.99. The molecule has 0 N–H and O–H groups in total. The van der Waals surface area contributed by atoms with Crippen molar-refractivity contribution in [3.8, 4) is 50.2 Å². The van der Waals surface area contributed by atoms with Gasteiger partial charge in [-0.15, -0.1) is 0 Å². The highest BCUT2D eigenvalue weighted by atomic mass is 15.1. The van der Waals surface area contributed by atoms with Crippen LogP contribution < -0.4 is 4.90 Å². The molecule has 0 aliphatic carbocycles. The fraction of sp³-hybridized carbons (Fsp3) is 0. The Balaban J connectivity index is 1.07. The van der Waals surface area contributed by atoms with Gasteiger partial charge in [0.15, 0.2) is 0 Å². The Morgan fingerprint density at radius 1 is 0.286 bits per heavy atom. The van der Waals surface area contributed by atoms with Crippen molar-refractivity contribution >= 4 is 38.9 Å². The van der Waals surface area contributed by atoms with Crippen molar-refractivity contribution in [3.05, 3.63) is 231 Å². The second-order valence-electron chi connectivity index (χ2n) is 14.2. The van der Waals surface area contributed by atoms with E-state index in [0.29, 0.717) is 0 Å². The van der Waals surface area contributed by atoms with Crippen LogP contribution >= 0.6 is 0 Å². The summed E-state index contributed by atoms with van der Waals surface area (Å²) in [5.41, 5.74) is 16.4. The van der Waals surface area contributed by atoms with Crippen LogP contribution in [0.4, 0.5) is 17.1 Å². The highest BCUT2D eigenvalue weighted by Crippen LogP contribution is 2.43. The summed E-state index contributed by atoms with van der Waals surface area (Å²) in [5, 5.41) is 2.52. The number of hydrogen-bond donors (Lipinski definition) is 0. The zero-order valence-electron chi connectivity index (χ0n) is 30.8. The maximum absolute atomic E-state index is 2.39. The first-order valence-electron chi connectivity index (χ1n) is 19.2. The van der Waals surface area contributed by atoms with E-state index in [1.807, 2.05) is 0 Å². The first-order valence-corrected chi connectivity index (χ1v) is 19.2. The molecule has 0 atom stereocenters. The lowest BCUT2D eigenvalue weighted by Crippen LogP contribution is -2.11. The van der Waals surface area contributed by atoms with Gasteiger partial charge in [0.05, 0.1) is 16.7 Å². The van der Waals surface area contributed by atoms with Crippen LogP contribution in [-0.2, 0) is 0 Å². The molecule has 0 radical (unpaired) electrons. The molecule has 9 aromatic carbocycles. The van der Waals surface area contributed by atoms with Crippen molar-refractivity contribution < 1.29 is 0 Å². The van der Waals surface area contributed by atoms with Gasteiger partial charge in [-0.2, -0.15) is 0 Å². The number of para-hydroxylation sites is 3. The van der Waals surface area contributed by atoms with E-state index in [2.05, 4.69) is 240 Å². The number of hydrogen-bond acceptors (Lipinski definition) is 1. The third kappa shape index (κ3) is 6.14. The second-order valence-corrected chi connectivity index (χ2v) is 14.2. The van der Waals surface area contributed by atoms with Crippen molar-refractivity contribution in [2.24, 2.45) is 0 Å². The average Bonchev–Trinajstić information content (AvgIpc) is 3.62. The molecule has 1 heterocycles. The average molecular weight is 715 g/mol. The SMILES string of the molecule is c1ccc(-c2ccc(-c3ccc(N(c4ccc(-c5ccccc5)cc4)c4ccccc4-c4cccc(-n5c6ccccc6c6ccccc65)c4)cc3)cc2)cc1. The van der Waals surface area contributed by atoms with Crippen LogP contribution in [0.15, 0.2) is 231 Å². The van der Waals surface area contributed by atoms with Crippen LogP contribution in [0, 0.1) is 0 Å². The van der Waals surface area contributed by atoms with Gasteiger partial charge < -0.3 is 9.47 Å². The summed E-state index contributed by atoms with van der Waals surface area (Å²) in [7, 11) is 0. The highest BCUT2D eigenvalue weighted by Gasteiger charge is 2.19. The van der Waals surface area contributed by atoms with E-state index in [1.165, 1.54) is 55.2 Å². The smallest absolute Gasteiger partial charge is 0.0541 e. The quantitative estimate of drug-likeness (QED) is 0.152. The van der Waals surface area contributed by atoms with Crippen LogP contribution in [0.25, 0.3) is 72.0 Å². The lowest BCUT2D eigenvalue weighted by molar-refractivity contribution is 1.18. The third-order valence-corrected chi connectivity index (χ3v) is 10.8. The number of aromatic nitrogens is 1. The summed E-state index contributed by atoms with van der Waals surface area (Å²) in [6.07, 6.45) is 0. The Labute approximate surface area is 327 Å². The molecule has 2 heteroatoms. The van der Waals surface area contributed by atoms with E-state index < -0.39 is 0 Å². The zero-order valence-corrected chi connectivity index (χ0v) is 30.8. The summed E-state index contributed by atoms with van der Waals surface area (Å²) in [5.74, 6) is 0. The number of rotatable bonds is 8. The maximum atomic E-state index is 2.39. The molecule has 0 bridgehead atoms. The predicted molar refractivity (Wildman–Crippen MR) is 237 cm³/mol. The Hall–Kier alpha value is -7.42. The molecule has 0 amide bonds. The molecule has 264 valence electrons. The van der Waals surface area contributed by atoms with Crippen LogP contribution in [0.5, 0.6) is 0 Å². The van der Waals surface area contributed by atoms with E-state index in [9.17, 15) is 0 Å². The second kappa shape index (κ2) is 14.4. The molecule has 0 fully saturated rings. The third-order valence-electron chi connectivity index (χ3n) is 10.8. The topological polar surface area (TPSA) is 8.17 Å². The fourth-order valence-corrected chi connectivity index (χ4v) is 8.08. The van der Waals surface area contributed by atoms with Gasteiger partial charge in [-0.05, 0) is 93.5 Å². The van der Waals surface area contributed by atoms with Gasteiger partial charge in [-0.25, -0.2) is 0 Å². The minimum absolute atomic E-state index is 1.09. The van der Waals surface area contributed by atoms with E-state index in [0.717, 1.165) is 33.9 Å². The van der Waals surface area contributed by atoms with Crippen molar-refractivity contribution in [2.45, 2.75) is 0 Å². The predicted octanol–water partition coefficient (Wildman–Crippen LogP) is 14.9. The van der Waals surface area contributed by atoms with Crippen LogP contribution in [0.1, 0.15) is 0 Å². The minimum atomic E-state index is 1.09. The molecule has 56 heavy (non-hydrogen) atoms. The van der Waals surface area contributed by atoms with Gasteiger partial charge in [-0.1, -0.05) is 176 Å². The Bertz CT molecular complexity index is 2870. The number of fused-ring (bicyclic) bond motifs is 3. The highest BCUT2D eigenvalue weighted by molar-refractivity contribution is 6.09. The van der Waals surface area contributed by atoms with E-state index in [4.69, 9.17) is 0 Å². The van der Waals surface area contributed by atoms with Gasteiger partial charge in [-0.3, -0.25) is 0 Å². The fourth-order valence-electron chi connectivity index (χ4n) is 8.08. The van der Waals surface area contributed by atoms with Crippen LogP contribution in [0.2, 0.25) is 0 Å². The van der Waals surface area contributed by atoms with Crippen molar-refractivity contribution in [2.75, 3.05) is 4.90 Å². The lowest BCUT2D eigenvalue weighted by Gasteiger charge is -2.28. The summed E-state index contributed by atoms with van der Waals surface area (Å²) in [6, 6.07) is 83.0. The summed E-state index contributed by atoms with van der Waals surface area (Å²) >= 11 is 0. The Morgan fingerprint density at radius 2 is 0.679 bits per heavy atom. The number of benzene rings is 9. The first-order chi connectivity index (χ1) is 27.8. The molecular weight excluding hydrogens is 677 g/mol. The van der Waals surface area contributed by atoms with Gasteiger partial charge in [0.2, 0.25) is 0 Å². The van der Waals surface area contributed by atoms with E-state index in [-0.39, 0.29) is 0 Å².